The largest absolute Gasteiger partial charge is 0.346 e. The lowest BCUT2D eigenvalue weighted by Crippen LogP contribution is -2.38. The van der Waals surface area contributed by atoms with E-state index in [0.29, 0.717) is 44.8 Å². The van der Waals surface area contributed by atoms with E-state index in [1.165, 1.54) is 8.99 Å². The van der Waals surface area contributed by atoms with Crippen molar-refractivity contribution < 1.29 is 13.2 Å². The highest BCUT2D eigenvalue weighted by Gasteiger charge is 2.30. The van der Waals surface area contributed by atoms with Gasteiger partial charge in [-0.3, -0.25) is 9.36 Å². The fraction of sp³-hybridized carbons (Fsp3) is 0.464. The predicted octanol–water partition coefficient (Wildman–Crippen LogP) is 3.31. The van der Waals surface area contributed by atoms with E-state index in [1.54, 1.807) is 33.7 Å². The Morgan fingerprint density at radius 2 is 1.58 bits per heavy atom. The Morgan fingerprint density at radius 1 is 0.921 bits per heavy atom. The molecule has 10 heteroatoms. The highest BCUT2D eigenvalue weighted by Crippen LogP contribution is 2.28. The molecule has 38 heavy (non-hydrogen) atoms. The van der Waals surface area contributed by atoms with E-state index >= 15 is 0 Å². The molecule has 0 N–H and O–H groups in total. The molecule has 0 saturated carbocycles. The van der Waals surface area contributed by atoms with Crippen LogP contribution in [0.5, 0.6) is 0 Å². The van der Waals surface area contributed by atoms with Crippen LogP contribution in [0.2, 0.25) is 0 Å². The molecule has 2 aromatic carbocycles. The third kappa shape index (κ3) is 5.33. The highest BCUT2D eigenvalue weighted by atomic mass is 32.2. The summed E-state index contributed by atoms with van der Waals surface area (Å²) in [5.74, 6) is 0.779. The second kappa shape index (κ2) is 11.2. The fourth-order valence-corrected chi connectivity index (χ4v) is 6.98. The Balaban J connectivity index is 1.24. The zero-order chi connectivity index (χ0) is 26.7. The first-order chi connectivity index (χ1) is 18.4. The van der Waals surface area contributed by atoms with Crippen LogP contribution in [0, 0.1) is 0 Å². The first-order valence-electron chi connectivity index (χ1n) is 13.5. The van der Waals surface area contributed by atoms with E-state index in [9.17, 15) is 18.0 Å². The summed E-state index contributed by atoms with van der Waals surface area (Å²) in [5.41, 5.74) is 1.40. The first kappa shape index (κ1) is 26.4. The summed E-state index contributed by atoms with van der Waals surface area (Å²) < 4.78 is 30.7. The van der Waals surface area contributed by atoms with Crippen molar-refractivity contribution >= 4 is 15.9 Å². The number of hydrogen-bond acceptors (Lipinski definition) is 5. The minimum Gasteiger partial charge on any atom is -0.339 e. The van der Waals surface area contributed by atoms with Gasteiger partial charge in [0.2, 0.25) is 10.0 Å². The molecule has 1 amide bonds. The van der Waals surface area contributed by atoms with E-state index in [0.717, 1.165) is 43.5 Å². The number of piperidine rings is 2. The van der Waals surface area contributed by atoms with E-state index in [1.807, 2.05) is 37.3 Å². The maximum absolute atomic E-state index is 13.2. The summed E-state index contributed by atoms with van der Waals surface area (Å²) in [5, 5.41) is 4.70. The lowest BCUT2D eigenvalue weighted by Gasteiger charge is -2.31. The van der Waals surface area contributed by atoms with Gasteiger partial charge in [-0.2, -0.15) is 9.40 Å². The normalized spacial score (nSPS) is 17.6. The van der Waals surface area contributed by atoms with Crippen LogP contribution in [0.4, 0.5) is 0 Å². The Hall–Kier alpha value is -3.24. The molecule has 0 bridgehead atoms. The number of sulfonamides is 1. The summed E-state index contributed by atoms with van der Waals surface area (Å²) in [6.07, 6.45) is 4.26. The zero-order valence-electron chi connectivity index (χ0n) is 21.8. The smallest absolute Gasteiger partial charge is 0.339 e. The summed E-state index contributed by atoms with van der Waals surface area (Å²) in [6.45, 7) is 5.15. The van der Waals surface area contributed by atoms with Gasteiger partial charge in [0.15, 0.2) is 0 Å². The lowest BCUT2D eigenvalue weighted by atomic mass is 9.95. The molecule has 9 nitrogen and oxygen atoms in total. The van der Waals surface area contributed by atoms with Gasteiger partial charge in [0.25, 0.3) is 5.91 Å². The van der Waals surface area contributed by atoms with E-state index in [2.05, 4.69) is 0 Å². The highest BCUT2D eigenvalue weighted by molar-refractivity contribution is 7.89. The molecular formula is C28H35N5O4S. The summed E-state index contributed by atoms with van der Waals surface area (Å²) in [7, 11) is -3.52. The molecule has 2 saturated heterocycles. The van der Waals surface area contributed by atoms with E-state index in [4.69, 9.17) is 5.10 Å². The number of hydrogen-bond donors (Lipinski definition) is 0. The SMILES string of the molecule is CCn1c(C2CCN(C(=O)c3ccc(S(=O)(=O)N4CCCCC4)cc3)CC2)nn(Cc2ccccc2)c1=O. The minimum atomic E-state index is -3.52. The van der Waals surface area contributed by atoms with Gasteiger partial charge in [-0.05, 0) is 62.4 Å². The van der Waals surface area contributed by atoms with Gasteiger partial charge in [0.05, 0.1) is 11.4 Å². The molecule has 3 heterocycles. The average molecular weight is 538 g/mol. The molecule has 2 aliphatic rings. The van der Waals surface area contributed by atoms with Crippen molar-refractivity contribution in [2.75, 3.05) is 26.2 Å². The Labute approximate surface area is 223 Å². The van der Waals surface area contributed by atoms with Crippen molar-refractivity contribution in [3.05, 3.63) is 82.0 Å². The van der Waals surface area contributed by atoms with Gasteiger partial charge in [0.1, 0.15) is 5.82 Å². The van der Waals surface area contributed by atoms with Crippen molar-refractivity contribution in [2.24, 2.45) is 0 Å². The number of carbonyl (C=O) groups is 1. The molecule has 5 rings (SSSR count). The van der Waals surface area contributed by atoms with Crippen LogP contribution in [-0.2, 0) is 23.1 Å². The Bertz CT molecular complexity index is 1420. The second-order valence-corrected chi connectivity index (χ2v) is 12.0. The van der Waals surface area contributed by atoms with Gasteiger partial charge in [0, 0.05) is 44.2 Å². The lowest BCUT2D eigenvalue weighted by molar-refractivity contribution is 0.0710. The quantitative estimate of drug-likeness (QED) is 0.461. The summed E-state index contributed by atoms with van der Waals surface area (Å²) >= 11 is 0. The van der Waals surface area contributed by atoms with Crippen molar-refractivity contribution in [2.45, 2.75) is 62.9 Å². The standard InChI is InChI=1S/C28H35N5O4S/c1-2-32-26(29-33(28(32)35)21-22-9-5-3-6-10-22)23-15-19-30(20-16-23)27(34)24-11-13-25(14-12-24)38(36,37)31-17-7-4-8-18-31/h3,5-6,9-14,23H,2,4,7-8,15-21H2,1H3. The number of amides is 1. The van der Waals surface area contributed by atoms with Gasteiger partial charge < -0.3 is 4.90 Å². The molecule has 0 atom stereocenters. The Kier molecular flexibility index (Phi) is 7.80. The molecular weight excluding hydrogens is 502 g/mol. The summed E-state index contributed by atoms with van der Waals surface area (Å²) in [4.78, 5) is 28.2. The number of carbonyl (C=O) groups excluding carboxylic acids is 1. The average Bonchev–Trinajstić information content (AvgIpc) is 3.28. The van der Waals surface area contributed by atoms with Crippen LogP contribution in [0.15, 0.2) is 64.3 Å². The van der Waals surface area contributed by atoms with Gasteiger partial charge in [-0.25, -0.2) is 17.9 Å². The number of nitrogens with zero attached hydrogens (tertiary/aromatic N) is 5. The topological polar surface area (TPSA) is 97.5 Å². The molecule has 1 aromatic heterocycles. The van der Waals surface area contributed by atoms with Gasteiger partial charge >= 0.3 is 5.69 Å². The maximum atomic E-state index is 13.2. The first-order valence-corrected chi connectivity index (χ1v) is 14.9. The maximum Gasteiger partial charge on any atom is 0.346 e. The molecule has 202 valence electrons. The van der Waals surface area contributed by atoms with Gasteiger partial charge in [-0.1, -0.05) is 36.8 Å². The monoisotopic (exact) mass is 537 g/mol. The van der Waals surface area contributed by atoms with E-state index in [-0.39, 0.29) is 22.4 Å². The minimum absolute atomic E-state index is 0.0979. The van der Waals surface area contributed by atoms with E-state index < -0.39 is 10.0 Å². The second-order valence-electron chi connectivity index (χ2n) is 10.1. The number of aromatic nitrogens is 3. The Morgan fingerprint density at radius 3 is 2.21 bits per heavy atom. The molecule has 2 aliphatic heterocycles. The van der Waals surface area contributed by atoms with Crippen molar-refractivity contribution in [3.8, 4) is 0 Å². The van der Waals surface area contributed by atoms with Crippen LogP contribution in [0.3, 0.4) is 0 Å². The van der Waals surface area contributed by atoms with Crippen molar-refractivity contribution in [3.63, 3.8) is 0 Å². The van der Waals surface area contributed by atoms with Crippen LogP contribution < -0.4 is 5.69 Å². The van der Waals surface area contributed by atoms with Crippen molar-refractivity contribution in [1.82, 2.24) is 23.6 Å². The molecule has 2 fully saturated rings. The molecule has 3 aromatic rings. The predicted molar refractivity (Wildman–Crippen MR) is 145 cm³/mol. The zero-order valence-corrected chi connectivity index (χ0v) is 22.6. The molecule has 0 aliphatic carbocycles. The summed E-state index contributed by atoms with van der Waals surface area (Å²) in [6, 6.07) is 16.1. The van der Waals surface area contributed by atoms with Crippen LogP contribution in [0.25, 0.3) is 0 Å². The third-order valence-electron chi connectivity index (χ3n) is 7.64. The fourth-order valence-electron chi connectivity index (χ4n) is 5.46. The van der Waals surface area contributed by atoms with Crippen LogP contribution in [0.1, 0.15) is 66.7 Å². The van der Waals surface area contributed by atoms with Crippen LogP contribution in [-0.4, -0.2) is 64.1 Å². The molecule has 0 radical (unpaired) electrons. The number of benzene rings is 2. The number of likely N-dealkylation sites (tertiary alicyclic amines) is 1. The third-order valence-corrected chi connectivity index (χ3v) is 9.56. The molecule has 0 unspecified atom stereocenters. The van der Waals surface area contributed by atoms with Crippen molar-refractivity contribution in [1.29, 1.82) is 0 Å². The van der Waals surface area contributed by atoms with Crippen LogP contribution >= 0.6 is 0 Å². The molecule has 0 spiro atoms. The number of rotatable bonds is 7. The van der Waals surface area contributed by atoms with Gasteiger partial charge in [-0.15, -0.1) is 0 Å².